The first kappa shape index (κ1) is 11.4. The predicted octanol–water partition coefficient (Wildman–Crippen LogP) is 2.31. The summed E-state index contributed by atoms with van der Waals surface area (Å²) in [4.78, 5) is 10.5. The van der Waals surface area contributed by atoms with Crippen LogP contribution in [-0.2, 0) is 13.0 Å². The van der Waals surface area contributed by atoms with Crippen molar-refractivity contribution in [3.05, 3.63) is 40.8 Å². The maximum Gasteiger partial charge on any atom is 0.122 e. The number of nitroso groups, excluding NO2 is 1. The molecule has 0 unspecified atom stereocenters. The van der Waals surface area contributed by atoms with Gasteiger partial charge in [-0.1, -0.05) is 6.08 Å². The van der Waals surface area contributed by atoms with Gasteiger partial charge in [0.15, 0.2) is 0 Å². The van der Waals surface area contributed by atoms with E-state index in [4.69, 9.17) is 9.84 Å². The lowest BCUT2D eigenvalue weighted by Crippen LogP contribution is -1.94. The molecule has 0 aliphatic heterocycles. The van der Waals surface area contributed by atoms with Gasteiger partial charge < -0.3 is 9.84 Å². The van der Waals surface area contributed by atoms with Crippen LogP contribution in [0.15, 0.2) is 30.0 Å². The number of benzene rings is 1. The molecular formula is C11H13NO3. The van der Waals surface area contributed by atoms with E-state index in [1.165, 1.54) is 7.11 Å². The van der Waals surface area contributed by atoms with Gasteiger partial charge in [0.1, 0.15) is 11.4 Å². The van der Waals surface area contributed by atoms with Crippen LogP contribution in [0, 0.1) is 4.91 Å². The Morgan fingerprint density at radius 2 is 2.27 bits per heavy atom. The van der Waals surface area contributed by atoms with Gasteiger partial charge >= 0.3 is 0 Å². The van der Waals surface area contributed by atoms with Crippen LogP contribution in [0.2, 0.25) is 0 Å². The molecule has 0 amide bonds. The monoisotopic (exact) mass is 207 g/mol. The molecule has 0 spiro atoms. The molecule has 4 heteroatoms. The molecule has 80 valence electrons. The highest BCUT2D eigenvalue weighted by Gasteiger charge is 2.09. The first-order valence-corrected chi connectivity index (χ1v) is 4.51. The first-order valence-electron chi connectivity index (χ1n) is 4.51. The van der Waals surface area contributed by atoms with E-state index in [0.29, 0.717) is 17.7 Å². The topological polar surface area (TPSA) is 58.9 Å². The van der Waals surface area contributed by atoms with Crippen LogP contribution in [0.4, 0.5) is 5.69 Å². The van der Waals surface area contributed by atoms with Crippen molar-refractivity contribution in [3.63, 3.8) is 0 Å². The maximum atomic E-state index is 10.5. The molecule has 1 rings (SSSR count). The second-order valence-electron chi connectivity index (χ2n) is 3.03. The molecule has 15 heavy (non-hydrogen) atoms. The van der Waals surface area contributed by atoms with Crippen molar-refractivity contribution in [2.45, 2.75) is 13.0 Å². The lowest BCUT2D eigenvalue weighted by atomic mass is 10.1. The average molecular weight is 207 g/mol. The fourth-order valence-corrected chi connectivity index (χ4v) is 1.37. The molecule has 0 heterocycles. The van der Waals surface area contributed by atoms with Crippen molar-refractivity contribution in [2.24, 2.45) is 5.18 Å². The Morgan fingerprint density at radius 3 is 2.73 bits per heavy atom. The molecule has 0 aromatic heterocycles. The molecule has 1 aromatic carbocycles. The summed E-state index contributed by atoms with van der Waals surface area (Å²) < 4.78 is 5.14. The lowest BCUT2D eigenvalue weighted by Gasteiger charge is -2.09. The molecule has 0 atom stereocenters. The molecular weight excluding hydrogens is 194 g/mol. The average Bonchev–Trinajstić information content (AvgIpc) is 2.28. The van der Waals surface area contributed by atoms with Crippen molar-refractivity contribution < 1.29 is 9.84 Å². The molecule has 0 aliphatic carbocycles. The fourth-order valence-electron chi connectivity index (χ4n) is 1.37. The summed E-state index contributed by atoms with van der Waals surface area (Å²) in [5.41, 5.74) is 1.55. The van der Waals surface area contributed by atoms with Crippen LogP contribution in [0.5, 0.6) is 5.75 Å². The van der Waals surface area contributed by atoms with Gasteiger partial charge in [-0.25, -0.2) is 0 Å². The highest BCUT2D eigenvalue weighted by atomic mass is 16.5. The third kappa shape index (κ3) is 2.41. The molecule has 0 saturated carbocycles. The minimum absolute atomic E-state index is 0.230. The minimum atomic E-state index is -0.230. The maximum absolute atomic E-state index is 10.5. The number of hydrogen-bond acceptors (Lipinski definition) is 4. The Labute approximate surface area is 88.2 Å². The highest BCUT2D eigenvalue weighted by Crippen LogP contribution is 2.29. The van der Waals surface area contributed by atoms with Gasteiger partial charge in [-0.3, -0.25) is 0 Å². The number of allylic oxidation sites excluding steroid dienone is 1. The Morgan fingerprint density at radius 1 is 1.53 bits per heavy atom. The summed E-state index contributed by atoms with van der Waals surface area (Å²) in [6.45, 7) is 3.39. The molecule has 0 fully saturated rings. The van der Waals surface area contributed by atoms with E-state index in [0.717, 1.165) is 5.56 Å². The van der Waals surface area contributed by atoms with Crippen molar-refractivity contribution in [2.75, 3.05) is 7.11 Å². The summed E-state index contributed by atoms with van der Waals surface area (Å²) in [6, 6.07) is 3.23. The van der Waals surface area contributed by atoms with E-state index in [-0.39, 0.29) is 12.3 Å². The van der Waals surface area contributed by atoms with Gasteiger partial charge in [0, 0.05) is 11.1 Å². The Balaban J connectivity index is 3.26. The molecule has 0 radical (unpaired) electrons. The minimum Gasteiger partial charge on any atom is -0.496 e. The van der Waals surface area contributed by atoms with E-state index >= 15 is 0 Å². The number of ether oxygens (including phenoxy) is 1. The molecule has 4 nitrogen and oxygen atoms in total. The van der Waals surface area contributed by atoms with Gasteiger partial charge in [0.05, 0.1) is 13.7 Å². The van der Waals surface area contributed by atoms with Crippen molar-refractivity contribution in [1.82, 2.24) is 0 Å². The zero-order valence-electron chi connectivity index (χ0n) is 8.56. The summed E-state index contributed by atoms with van der Waals surface area (Å²) in [6.07, 6.45) is 2.31. The standard InChI is InChI=1S/C11H13NO3/c1-3-4-8-5-10(12-14)9(7-13)6-11(8)15-2/h3,5-6,13H,1,4,7H2,2H3. The Hall–Kier alpha value is -1.68. The normalized spacial score (nSPS) is 9.73. The van der Waals surface area contributed by atoms with Gasteiger partial charge in [0.2, 0.25) is 0 Å². The zero-order chi connectivity index (χ0) is 11.3. The number of rotatable bonds is 5. The van der Waals surface area contributed by atoms with Gasteiger partial charge in [-0.05, 0) is 23.7 Å². The number of methoxy groups -OCH3 is 1. The quantitative estimate of drug-likeness (QED) is 0.595. The fraction of sp³-hybridized carbons (Fsp3) is 0.273. The summed E-state index contributed by atoms with van der Waals surface area (Å²) in [5, 5.41) is 11.9. The Bertz CT molecular complexity index is 374. The van der Waals surface area contributed by atoms with Crippen LogP contribution in [-0.4, -0.2) is 12.2 Å². The van der Waals surface area contributed by atoms with Crippen molar-refractivity contribution in [1.29, 1.82) is 0 Å². The van der Waals surface area contributed by atoms with Gasteiger partial charge in [-0.2, -0.15) is 0 Å². The third-order valence-electron chi connectivity index (χ3n) is 2.11. The smallest absolute Gasteiger partial charge is 0.122 e. The van der Waals surface area contributed by atoms with Crippen LogP contribution in [0.3, 0.4) is 0 Å². The lowest BCUT2D eigenvalue weighted by molar-refractivity contribution is 0.281. The van der Waals surface area contributed by atoms with Crippen LogP contribution < -0.4 is 4.74 Å². The second-order valence-corrected chi connectivity index (χ2v) is 3.03. The predicted molar refractivity (Wildman–Crippen MR) is 58.3 cm³/mol. The number of hydrogen-bond donors (Lipinski definition) is 1. The van der Waals surface area contributed by atoms with E-state index in [2.05, 4.69) is 11.8 Å². The molecule has 0 aliphatic rings. The van der Waals surface area contributed by atoms with E-state index < -0.39 is 0 Å². The summed E-state index contributed by atoms with van der Waals surface area (Å²) in [7, 11) is 1.54. The van der Waals surface area contributed by atoms with E-state index in [9.17, 15) is 4.91 Å². The van der Waals surface area contributed by atoms with Crippen molar-refractivity contribution in [3.8, 4) is 5.75 Å². The third-order valence-corrected chi connectivity index (χ3v) is 2.11. The molecule has 0 saturated heterocycles. The largest absolute Gasteiger partial charge is 0.496 e. The number of aliphatic hydroxyl groups is 1. The summed E-state index contributed by atoms with van der Waals surface area (Å²) in [5.74, 6) is 0.631. The molecule has 1 aromatic rings. The zero-order valence-corrected chi connectivity index (χ0v) is 8.56. The SMILES string of the molecule is C=CCc1cc(N=O)c(CO)cc1OC. The van der Waals surface area contributed by atoms with Gasteiger partial charge in [0.25, 0.3) is 0 Å². The number of aliphatic hydroxyl groups excluding tert-OH is 1. The number of nitrogens with zero attached hydrogens (tertiary/aromatic N) is 1. The van der Waals surface area contributed by atoms with Gasteiger partial charge in [-0.15, -0.1) is 11.5 Å². The Kier molecular flexibility index (Phi) is 4.00. The van der Waals surface area contributed by atoms with Crippen LogP contribution >= 0.6 is 0 Å². The summed E-state index contributed by atoms with van der Waals surface area (Å²) >= 11 is 0. The first-order chi connectivity index (χ1) is 7.26. The molecule has 1 N–H and O–H groups in total. The van der Waals surface area contributed by atoms with E-state index in [1.807, 2.05) is 0 Å². The second kappa shape index (κ2) is 5.26. The van der Waals surface area contributed by atoms with Crippen molar-refractivity contribution >= 4 is 5.69 Å². The highest BCUT2D eigenvalue weighted by molar-refractivity contribution is 5.54. The molecule has 0 bridgehead atoms. The van der Waals surface area contributed by atoms with Crippen LogP contribution in [0.1, 0.15) is 11.1 Å². The van der Waals surface area contributed by atoms with Crippen LogP contribution in [0.25, 0.3) is 0 Å². The van der Waals surface area contributed by atoms with E-state index in [1.54, 1.807) is 18.2 Å².